The predicted octanol–water partition coefficient (Wildman–Crippen LogP) is 8.07. The molecule has 0 atom stereocenters. The van der Waals surface area contributed by atoms with Crippen molar-refractivity contribution in [3.05, 3.63) is 151 Å². The van der Waals surface area contributed by atoms with Crippen LogP contribution in [0.1, 0.15) is 0 Å². The van der Waals surface area contributed by atoms with Crippen LogP contribution in [-0.4, -0.2) is 6.71 Å². The Morgan fingerprint density at radius 2 is 1.35 bits per heavy atom. The Morgan fingerprint density at radius 3 is 2.15 bits per heavy atom. The summed E-state index contributed by atoms with van der Waals surface area (Å²) in [5.41, 5.74) is 7.44. The van der Waals surface area contributed by atoms with Crippen LogP contribution < -0.4 is 41.4 Å². The van der Waals surface area contributed by atoms with E-state index in [0.717, 1.165) is 72.6 Å². The van der Waals surface area contributed by atoms with Gasteiger partial charge in [0.1, 0.15) is 28.6 Å². The minimum absolute atomic E-state index is 0.0457. The number of rotatable bonds is 4. The summed E-state index contributed by atoms with van der Waals surface area (Å²) < 4.78 is 22.2. The molecule has 0 unspecified atom stereocenters. The van der Waals surface area contributed by atoms with Crippen LogP contribution >= 0.6 is 11.3 Å². The third-order valence-electron chi connectivity index (χ3n) is 9.52. The Hall–Kier alpha value is -5.98. The van der Waals surface area contributed by atoms with Gasteiger partial charge in [-0.1, -0.05) is 86.0 Å². The van der Waals surface area contributed by atoms with Crippen LogP contribution in [0.3, 0.4) is 0 Å². The van der Waals surface area contributed by atoms with Gasteiger partial charge in [-0.25, -0.2) is 0 Å². The van der Waals surface area contributed by atoms with Crippen LogP contribution in [0.2, 0.25) is 0 Å². The lowest BCUT2D eigenvalue weighted by Gasteiger charge is -2.34. The Morgan fingerprint density at radius 1 is 0.625 bits per heavy atom. The van der Waals surface area contributed by atoms with Crippen molar-refractivity contribution in [3.63, 3.8) is 0 Å². The van der Waals surface area contributed by atoms with E-state index in [1.165, 1.54) is 20.2 Å². The van der Waals surface area contributed by atoms with Gasteiger partial charge >= 0.3 is 0 Å². The number of thiophene rings is 1. The highest BCUT2D eigenvalue weighted by molar-refractivity contribution is 7.25. The highest BCUT2D eigenvalue weighted by Gasteiger charge is 2.40. The molecule has 2 aromatic heterocycles. The van der Waals surface area contributed by atoms with Crippen molar-refractivity contribution >= 4 is 89.2 Å². The largest absolute Gasteiger partial charge is 0.458 e. The molecule has 2 aliphatic rings. The molecular weight excluding hydrogens is 609 g/mol. The van der Waals surface area contributed by atoms with E-state index >= 15 is 0 Å². The highest BCUT2D eigenvalue weighted by Crippen LogP contribution is 2.41. The summed E-state index contributed by atoms with van der Waals surface area (Å²) in [7, 11) is 0. The maximum atomic E-state index is 6.72. The van der Waals surface area contributed by atoms with E-state index in [1.54, 1.807) is 11.3 Å². The molecule has 4 heterocycles. The lowest BCUT2D eigenvalue weighted by Crippen LogP contribution is -2.57. The van der Waals surface area contributed by atoms with Crippen molar-refractivity contribution in [3.8, 4) is 23.0 Å². The van der Waals surface area contributed by atoms with Crippen LogP contribution in [0.5, 0.6) is 23.0 Å². The lowest BCUT2D eigenvalue weighted by atomic mass is 9.35. The lowest BCUT2D eigenvalue weighted by molar-refractivity contribution is 0.465. The van der Waals surface area contributed by atoms with Gasteiger partial charge in [0, 0.05) is 53.7 Å². The molecule has 10 rings (SSSR count). The number of hydrogen-bond donors (Lipinski definition) is 0. The minimum Gasteiger partial charge on any atom is -0.458 e. The van der Waals surface area contributed by atoms with E-state index in [1.807, 2.05) is 66.7 Å². The zero-order valence-electron chi connectivity index (χ0n) is 25.8. The average Bonchev–Trinajstić information content (AvgIpc) is 3.66. The summed E-state index contributed by atoms with van der Waals surface area (Å²) in [6.07, 6.45) is 1.84. The van der Waals surface area contributed by atoms with E-state index in [2.05, 4.69) is 84.8 Å². The number of hydrogen-bond acceptors (Lipinski definition) is 5. The molecule has 0 aliphatic carbocycles. The Balaban J connectivity index is 1.19. The van der Waals surface area contributed by atoms with Crippen molar-refractivity contribution in [2.24, 2.45) is 0 Å². The van der Waals surface area contributed by atoms with Gasteiger partial charge in [-0.3, -0.25) is 0 Å². The molecule has 8 aromatic rings. The molecule has 2 aliphatic heterocycles. The second-order valence-corrected chi connectivity index (χ2v) is 13.3. The van der Waals surface area contributed by atoms with Crippen molar-refractivity contribution in [1.82, 2.24) is 0 Å². The molecule has 4 nitrogen and oxygen atoms in total. The van der Waals surface area contributed by atoms with Gasteiger partial charge in [0.25, 0.3) is 6.71 Å². The maximum absolute atomic E-state index is 6.72. The highest BCUT2D eigenvalue weighted by atomic mass is 32.1. The van der Waals surface area contributed by atoms with Gasteiger partial charge in [0.15, 0.2) is 5.42 Å². The number of nitrogens with zero attached hydrogens (tertiary/aromatic N) is 1. The first-order chi connectivity index (χ1) is 23.7. The quantitative estimate of drug-likeness (QED) is 0.183. The molecule has 0 amide bonds. The Kier molecular flexibility index (Phi) is 5.81. The van der Waals surface area contributed by atoms with Crippen LogP contribution in [0.4, 0.5) is 11.4 Å². The fourth-order valence-electron chi connectivity index (χ4n) is 7.37. The average molecular weight is 636 g/mol. The fourth-order valence-corrected chi connectivity index (χ4v) is 8.49. The molecule has 0 saturated carbocycles. The van der Waals surface area contributed by atoms with Crippen LogP contribution in [-0.2, 0) is 0 Å². The third kappa shape index (κ3) is 3.90. The summed E-state index contributed by atoms with van der Waals surface area (Å²) in [4.78, 5) is 2.16. The number of para-hydroxylation sites is 2. The second-order valence-electron chi connectivity index (χ2n) is 12.2. The molecule has 6 aromatic carbocycles. The SMILES string of the molecule is C=C/C(=c1/oc2ccccc2c1=C)N(c1ccccc1)c1ccc2c(c1)Oc1cccc3c1B2c1cc2c(cc1O3)sc1ccccc12. The predicted molar refractivity (Wildman–Crippen MR) is 200 cm³/mol. The van der Waals surface area contributed by atoms with Crippen LogP contribution in [0, 0.1) is 0 Å². The molecule has 0 bridgehead atoms. The molecular formula is C42H26BNO3S. The third-order valence-corrected chi connectivity index (χ3v) is 10.7. The van der Waals surface area contributed by atoms with Crippen LogP contribution in [0.15, 0.2) is 144 Å². The van der Waals surface area contributed by atoms with E-state index < -0.39 is 0 Å². The minimum atomic E-state index is -0.0457. The first-order valence-corrected chi connectivity index (χ1v) is 16.7. The molecule has 0 saturated heterocycles. The topological polar surface area (TPSA) is 34.8 Å². The molecule has 48 heavy (non-hydrogen) atoms. The number of anilines is 2. The summed E-state index contributed by atoms with van der Waals surface area (Å²) in [5.74, 6) is 3.33. The van der Waals surface area contributed by atoms with E-state index in [0.29, 0.717) is 5.42 Å². The van der Waals surface area contributed by atoms with Crippen molar-refractivity contribution in [1.29, 1.82) is 0 Å². The van der Waals surface area contributed by atoms with Crippen molar-refractivity contribution in [2.75, 3.05) is 4.90 Å². The van der Waals surface area contributed by atoms with Gasteiger partial charge in [-0.2, -0.15) is 0 Å². The number of fused-ring (bicyclic) bond motifs is 8. The first-order valence-electron chi connectivity index (χ1n) is 15.9. The molecule has 0 radical (unpaired) electrons. The molecule has 226 valence electrons. The van der Waals surface area contributed by atoms with Gasteiger partial charge in [-0.05, 0) is 65.5 Å². The van der Waals surface area contributed by atoms with Gasteiger partial charge < -0.3 is 18.8 Å². The number of benzene rings is 6. The summed E-state index contributed by atoms with van der Waals surface area (Å²) in [5, 5.41) is 4.32. The molecule has 0 N–H and O–H groups in total. The summed E-state index contributed by atoms with van der Waals surface area (Å²) >= 11 is 1.80. The van der Waals surface area contributed by atoms with Crippen molar-refractivity contribution in [2.45, 2.75) is 0 Å². The normalized spacial score (nSPS) is 13.4. The number of ether oxygens (including phenoxy) is 2. The van der Waals surface area contributed by atoms with E-state index in [-0.39, 0.29) is 6.71 Å². The number of furan rings is 1. The summed E-state index contributed by atoms with van der Waals surface area (Å²) in [6.45, 7) is 8.60. The Labute approximate surface area is 280 Å². The van der Waals surface area contributed by atoms with E-state index in [9.17, 15) is 0 Å². The summed E-state index contributed by atoms with van der Waals surface area (Å²) in [6, 6.07) is 43.9. The second kappa shape index (κ2) is 10.3. The van der Waals surface area contributed by atoms with Gasteiger partial charge in [0.2, 0.25) is 0 Å². The smallest absolute Gasteiger partial charge is 0.260 e. The molecule has 6 heteroatoms. The van der Waals surface area contributed by atoms with Crippen molar-refractivity contribution < 1.29 is 13.9 Å². The zero-order chi connectivity index (χ0) is 31.9. The standard InChI is InChI=1S/C42H26BNO3S/c1-3-33(42-25(2)28-14-7-9-16-34(28)47-42)44(26-12-5-4-6-13-26)27-20-21-31-37(22-27)45-35-17-11-18-36-41(35)43(31)32-23-30-29-15-8-10-19-39(29)48-40(30)24-38(32)46-36/h3-24H,1-2H2/b42-33-. The molecule has 0 fully saturated rings. The van der Waals surface area contributed by atoms with Crippen LogP contribution in [0.25, 0.3) is 43.4 Å². The van der Waals surface area contributed by atoms with Gasteiger partial charge in [-0.15, -0.1) is 11.3 Å². The fraction of sp³-hybridized carbons (Fsp3) is 0. The maximum Gasteiger partial charge on any atom is 0.260 e. The zero-order valence-corrected chi connectivity index (χ0v) is 26.6. The van der Waals surface area contributed by atoms with Gasteiger partial charge in [0.05, 0.1) is 5.70 Å². The first kappa shape index (κ1) is 27.2. The Bertz CT molecular complexity index is 2750. The molecule has 0 spiro atoms. The van der Waals surface area contributed by atoms with E-state index in [4.69, 9.17) is 13.9 Å². The monoisotopic (exact) mass is 635 g/mol.